The predicted octanol–water partition coefficient (Wildman–Crippen LogP) is -2.99. The Balaban J connectivity index is 1.20. The first-order chi connectivity index (χ1) is 16.8. The lowest BCUT2D eigenvalue weighted by molar-refractivity contribution is -0.139. The topological polar surface area (TPSA) is 121 Å². The van der Waals surface area contributed by atoms with Crippen LogP contribution >= 0.6 is 0 Å². The zero-order valence-corrected chi connectivity index (χ0v) is 20.3. The van der Waals surface area contributed by atoms with E-state index in [0.717, 1.165) is 25.9 Å². The highest BCUT2D eigenvalue weighted by Gasteiger charge is 2.48. The first-order valence-corrected chi connectivity index (χ1v) is 12.8. The van der Waals surface area contributed by atoms with Crippen LogP contribution in [-0.2, 0) is 9.59 Å². The number of hydrazine groups is 1. The molecule has 0 saturated carbocycles. The highest BCUT2D eigenvalue weighted by Crippen LogP contribution is 2.26. The number of rotatable bonds is 4. The number of hydrogen-bond donors (Lipinski definition) is 5. The third-order valence-corrected chi connectivity index (χ3v) is 8.25. The average molecular weight is 500 g/mol. The van der Waals surface area contributed by atoms with Crippen LogP contribution in [0, 0.1) is 5.92 Å². The van der Waals surface area contributed by atoms with E-state index in [9.17, 15) is 14.0 Å². The lowest BCUT2D eigenvalue weighted by Gasteiger charge is -2.47. The molecule has 5 fully saturated rings. The average Bonchev–Trinajstić information content (AvgIpc) is 3.14. The Kier molecular flexibility index (Phi) is 7.54. The maximum atomic E-state index is 15.2. The lowest BCUT2D eigenvalue weighted by Crippen LogP contribution is -2.68. The number of nitrogens with two attached hydrogens (primary N) is 1. The van der Waals surface area contributed by atoms with E-state index < -0.39 is 42.7 Å². The SMILES string of the molecule is CN1CCN(C2CCN(C3C(F)CNCC3NC(=O)C3C(N)NN4CC(F)CNC34)CC2)C(=O)C1. The number of likely N-dealkylation sites (tertiary alicyclic amines) is 1. The summed E-state index contributed by atoms with van der Waals surface area (Å²) in [7, 11) is 1.96. The molecular weight excluding hydrogens is 460 g/mol. The second-order valence-corrected chi connectivity index (χ2v) is 10.7. The molecule has 5 aliphatic heterocycles. The van der Waals surface area contributed by atoms with Crippen LogP contribution in [0.3, 0.4) is 0 Å². The van der Waals surface area contributed by atoms with Crippen LogP contribution in [-0.4, -0.2) is 140 Å². The van der Waals surface area contributed by atoms with Gasteiger partial charge in [-0.25, -0.2) is 19.2 Å². The Labute approximate surface area is 205 Å². The van der Waals surface area contributed by atoms with Crippen LogP contribution in [0.4, 0.5) is 8.78 Å². The highest BCUT2D eigenvalue weighted by atomic mass is 19.1. The van der Waals surface area contributed by atoms with Crippen molar-refractivity contribution in [1.29, 1.82) is 0 Å². The molecule has 5 heterocycles. The van der Waals surface area contributed by atoms with Gasteiger partial charge >= 0.3 is 0 Å². The number of likely N-dealkylation sites (N-methyl/N-ethyl adjacent to an activating group) is 1. The van der Waals surface area contributed by atoms with Crippen molar-refractivity contribution in [2.45, 2.75) is 55.6 Å². The molecule has 0 aromatic rings. The summed E-state index contributed by atoms with van der Waals surface area (Å²) >= 11 is 0. The summed E-state index contributed by atoms with van der Waals surface area (Å²) < 4.78 is 29.0. The molecule has 0 bridgehead atoms. The summed E-state index contributed by atoms with van der Waals surface area (Å²) in [6.45, 7) is 4.48. The Bertz CT molecular complexity index is 786. The molecule has 11 nitrogen and oxygen atoms in total. The molecule has 198 valence electrons. The first kappa shape index (κ1) is 25.2. The molecule has 0 spiro atoms. The number of piperazine rings is 1. The van der Waals surface area contributed by atoms with E-state index in [-0.39, 0.29) is 37.5 Å². The van der Waals surface area contributed by atoms with Gasteiger partial charge in [0.15, 0.2) is 0 Å². The van der Waals surface area contributed by atoms with Crippen molar-refractivity contribution in [3.8, 4) is 0 Å². The van der Waals surface area contributed by atoms with Gasteiger partial charge in [0.1, 0.15) is 12.3 Å². The molecule has 5 aliphatic rings. The zero-order valence-electron chi connectivity index (χ0n) is 20.3. The molecular formula is C22H39F2N9O2. The van der Waals surface area contributed by atoms with Crippen molar-refractivity contribution in [2.75, 3.05) is 66.0 Å². The van der Waals surface area contributed by atoms with E-state index in [1.807, 2.05) is 16.8 Å². The van der Waals surface area contributed by atoms with E-state index in [1.54, 1.807) is 5.01 Å². The fraction of sp³-hybridized carbons (Fsp3) is 0.909. The maximum absolute atomic E-state index is 15.2. The van der Waals surface area contributed by atoms with Crippen molar-refractivity contribution in [3.05, 3.63) is 0 Å². The van der Waals surface area contributed by atoms with Gasteiger partial charge < -0.3 is 21.3 Å². The second kappa shape index (κ2) is 10.5. The molecule has 0 aromatic heterocycles. The Morgan fingerprint density at radius 3 is 2.63 bits per heavy atom. The van der Waals surface area contributed by atoms with Crippen molar-refractivity contribution in [1.82, 2.24) is 41.1 Å². The van der Waals surface area contributed by atoms with E-state index in [1.165, 1.54) is 0 Å². The van der Waals surface area contributed by atoms with E-state index in [4.69, 9.17) is 5.73 Å². The van der Waals surface area contributed by atoms with Gasteiger partial charge in [0.05, 0.1) is 36.9 Å². The number of alkyl halides is 2. The Hall–Kier alpha value is -1.48. The summed E-state index contributed by atoms with van der Waals surface area (Å²) in [6, 6.07) is -0.669. The maximum Gasteiger partial charge on any atom is 0.237 e. The number of hydrogen-bond acceptors (Lipinski definition) is 9. The summed E-state index contributed by atoms with van der Waals surface area (Å²) in [6.07, 6.45) is -1.60. The molecule has 6 N–H and O–H groups in total. The van der Waals surface area contributed by atoms with E-state index in [2.05, 4.69) is 26.3 Å². The number of carbonyl (C=O) groups excluding carboxylic acids is 2. The van der Waals surface area contributed by atoms with Crippen molar-refractivity contribution in [3.63, 3.8) is 0 Å². The lowest BCUT2D eigenvalue weighted by atomic mass is 9.92. The smallest absolute Gasteiger partial charge is 0.237 e. The molecule has 0 aromatic carbocycles. The first-order valence-electron chi connectivity index (χ1n) is 12.8. The largest absolute Gasteiger partial charge is 0.350 e. The van der Waals surface area contributed by atoms with Crippen molar-refractivity contribution >= 4 is 11.8 Å². The highest BCUT2D eigenvalue weighted by molar-refractivity contribution is 5.81. The van der Waals surface area contributed by atoms with Crippen LogP contribution in [0.1, 0.15) is 12.8 Å². The van der Waals surface area contributed by atoms with Gasteiger partial charge in [0.25, 0.3) is 0 Å². The van der Waals surface area contributed by atoms with Gasteiger partial charge in [0, 0.05) is 58.4 Å². The molecule has 7 unspecified atom stereocenters. The fourth-order valence-electron chi connectivity index (χ4n) is 6.43. The molecule has 0 aliphatic carbocycles. The minimum atomic E-state index is -1.12. The Morgan fingerprint density at radius 1 is 1.11 bits per heavy atom. The predicted molar refractivity (Wildman–Crippen MR) is 125 cm³/mol. The monoisotopic (exact) mass is 499 g/mol. The van der Waals surface area contributed by atoms with Crippen LogP contribution in [0.15, 0.2) is 0 Å². The van der Waals surface area contributed by atoms with Gasteiger partial charge in [0.2, 0.25) is 11.8 Å². The van der Waals surface area contributed by atoms with Crippen LogP contribution in [0.25, 0.3) is 0 Å². The number of amides is 2. The van der Waals surface area contributed by atoms with Crippen molar-refractivity contribution < 1.29 is 18.4 Å². The fourth-order valence-corrected chi connectivity index (χ4v) is 6.43. The van der Waals surface area contributed by atoms with E-state index in [0.29, 0.717) is 26.2 Å². The minimum Gasteiger partial charge on any atom is -0.350 e. The van der Waals surface area contributed by atoms with Crippen LogP contribution < -0.4 is 27.1 Å². The van der Waals surface area contributed by atoms with Gasteiger partial charge in [-0.05, 0) is 19.9 Å². The van der Waals surface area contributed by atoms with Gasteiger partial charge in [-0.15, -0.1) is 0 Å². The molecule has 0 radical (unpaired) electrons. The van der Waals surface area contributed by atoms with Crippen molar-refractivity contribution in [2.24, 2.45) is 11.7 Å². The van der Waals surface area contributed by atoms with Gasteiger partial charge in [-0.3, -0.25) is 24.7 Å². The quantitative estimate of drug-likeness (QED) is 0.276. The third kappa shape index (κ3) is 5.17. The normalized spacial score (nSPS) is 40.6. The number of carbonyl (C=O) groups is 2. The second-order valence-electron chi connectivity index (χ2n) is 10.7. The van der Waals surface area contributed by atoms with Crippen LogP contribution in [0.5, 0.6) is 0 Å². The summed E-state index contributed by atoms with van der Waals surface area (Å²) in [4.78, 5) is 32.0. The number of nitrogens with one attached hydrogen (secondary N) is 4. The Morgan fingerprint density at radius 2 is 1.89 bits per heavy atom. The molecule has 35 heavy (non-hydrogen) atoms. The van der Waals surface area contributed by atoms with Crippen LogP contribution in [0.2, 0.25) is 0 Å². The number of fused-ring (bicyclic) bond motifs is 1. The summed E-state index contributed by atoms with van der Waals surface area (Å²) in [5, 5.41) is 10.9. The molecule has 2 amide bonds. The van der Waals surface area contributed by atoms with Gasteiger partial charge in [-0.2, -0.15) is 0 Å². The summed E-state index contributed by atoms with van der Waals surface area (Å²) in [5.74, 6) is -0.707. The zero-order chi connectivity index (χ0) is 24.7. The summed E-state index contributed by atoms with van der Waals surface area (Å²) in [5.41, 5.74) is 9.18. The van der Waals surface area contributed by atoms with E-state index >= 15 is 4.39 Å². The standard InChI is InChI=1S/C22H39F2N9O2/c1-30-6-7-32(17(34)12-30)14-2-4-31(5-3-14)19-15(24)9-26-10-16(19)28-22(35)18-20(25)29-33-11-13(23)8-27-21(18)33/h13-16,18-21,26-27,29H,2-12,25H2,1H3,(H,28,35). The molecule has 7 atom stereocenters. The third-order valence-electron chi connectivity index (χ3n) is 8.25. The number of nitrogens with zero attached hydrogens (tertiary/aromatic N) is 4. The number of piperidine rings is 2. The minimum absolute atomic E-state index is 0.165. The molecule has 5 saturated heterocycles. The number of halogens is 2. The molecule has 5 rings (SSSR count). The van der Waals surface area contributed by atoms with Gasteiger partial charge in [-0.1, -0.05) is 0 Å². The molecule has 13 heteroatoms.